The Kier molecular flexibility index (Phi) is 5.17. The molecule has 1 aliphatic rings. The van der Waals surface area contributed by atoms with Gasteiger partial charge in [-0.1, -0.05) is 18.2 Å². The maximum Gasteiger partial charge on any atom is 0.159 e. The van der Waals surface area contributed by atoms with Gasteiger partial charge in [-0.2, -0.15) is 5.26 Å². The maximum atomic E-state index is 9.15. The number of hydrogen-bond acceptors (Lipinski definition) is 6. The van der Waals surface area contributed by atoms with E-state index in [4.69, 9.17) is 15.2 Å². The van der Waals surface area contributed by atoms with Crippen LogP contribution in [0.2, 0.25) is 0 Å². The van der Waals surface area contributed by atoms with Gasteiger partial charge in [-0.25, -0.2) is 9.97 Å². The number of nitriles is 1. The zero-order chi connectivity index (χ0) is 21.0. The Balaban J connectivity index is 1.32. The molecule has 3 aromatic heterocycles. The minimum atomic E-state index is 0.642. The first-order valence-electron chi connectivity index (χ1n) is 10.2. The van der Waals surface area contributed by atoms with Crippen LogP contribution in [0, 0.1) is 11.3 Å². The van der Waals surface area contributed by atoms with Crippen molar-refractivity contribution in [2.75, 3.05) is 6.54 Å². The number of hydrogen-bond donors (Lipinski definition) is 0. The molecule has 5 rings (SSSR count). The Morgan fingerprint density at radius 3 is 2.71 bits per heavy atom. The summed E-state index contributed by atoms with van der Waals surface area (Å²) in [5, 5.41) is 9.15. The number of benzene rings is 1. The summed E-state index contributed by atoms with van der Waals surface area (Å²) < 4.78 is 0. The second kappa shape index (κ2) is 8.42. The van der Waals surface area contributed by atoms with E-state index in [1.54, 1.807) is 18.5 Å². The van der Waals surface area contributed by atoms with E-state index in [2.05, 4.69) is 27.0 Å². The molecule has 4 aromatic rings. The second-order valence-corrected chi connectivity index (χ2v) is 7.57. The van der Waals surface area contributed by atoms with Crippen molar-refractivity contribution in [2.24, 2.45) is 0 Å². The summed E-state index contributed by atoms with van der Waals surface area (Å²) in [5.74, 6) is 0.753. The minimum absolute atomic E-state index is 0.642. The maximum absolute atomic E-state index is 9.15. The van der Waals surface area contributed by atoms with E-state index in [0.29, 0.717) is 5.56 Å². The fourth-order valence-corrected chi connectivity index (χ4v) is 3.86. The fraction of sp³-hybridized carbons (Fsp3) is 0.160. The first-order chi connectivity index (χ1) is 15.3. The predicted octanol–water partition coefficient (Wildman–Crippen LogP) is 4.03. The van der Waals surface area contributed by atoms with Crippen LogP contribution in [-0.4, -0.2) is 31.4 Å². The number of fused-ring (bicyclic) bond motifs is 1. The van der Waals surface area contributed by atoms with Crippen LogP contribution in [-0.2, 0) is 19.5 Å². The monoisotopic (exact) mass is 404 g/mol. The topological polar surface area (TPSA) is 78.6 Å². The third-order valence-electron chi connectivity index (χ3n) is 5.43. The van der Waals surface area contributed by atoms with Crippen LogP contribution < -0.4 is 0 Å². The van der Waals surface area contributed by atoms with E-state index in [9.17, 15) is 0 Å². The van der Waals surface area contributed by atoms with Gasteiger partial charge in [0.05, 0.1) is 28.7 Å². The van der Waals surface area contributed by atoms with Crippen LogP contribution >= 0.6 is 0 Å². The normalized spacial score (nSPS) is 13.4. The Morgan fingerprint density at radius 1 is 0.968 bits per heavy atom. The minimum Gasteiger partial charge on any atom is -0.293 e. The molecule has 0 aliphatic carbocycles. The van der Waals surface area contributed by atoms with Gasteiger partial charge in [-0.05, 0) is 36.4 Å². The van der Waals surface area contributed by atoms with Crippen molar-refractivity contribution < 1.29 is 0 Å². The molecule has 0 saturated carbocycles. The molecule has 1 aromatic carbocycles. The largest absolute Gasteiger partial charge is 0.293 e. The van der Waals surface area contributed by atoms with Crippen LogP contribution in [0.4, 0.5) is 0 Å². The standard InChI is InChI=1S/C25H20N6/c26-14-18-3-1-4-20(13-18)23-6-2-5-22(29-23)17-31-12-9-24-21(16-31)15-28-25(30-24)19-7-10-27-11-8-19/h1-8,10-11,13,15H,9,12,16-17H2. The highest BCUT2D eigenvalue weighted by Gasteiger charge is 2.19. The molecule has 0 saturated heterocycles. The Bertz CT molecular complexity index is 1260. The van der Waals surface area contributed by atoms with E-state index in [0.717, 1.165) is 60.1 Å². The van der Waals surface area contributed by atoms with E-state index in [1.165, 1.54) is 5.56 Å². The van der Waals surface area contributed by atoms with Gasteiger partial charge in [0.25, 0.3) is 0 Å². The van der Waals surface area contributed by atoms with Gasteiger partial charge in [0.1, 0.15) is 0 Å². The van der Waals surface area contributed by atoms with Gasteiger partial charge in [0.2, 0.25) is 0 Å². The number of nitrogens with zero attached hydrogens (tertiary/aromatic N) is 6. The molecule has 0 atom stereocenters. The molecule has 0 bridgehead atoms. The Morgan fingerprint density at radius 2 is 1.84 bits per heavy atom. The van der Waals surface area contributed by atoms with Gasteiger partial charge < -0.3 is 0 Å². The molecule has 0 fully saturated rings. The highest BCUT2D eigenvalue weighted by atomic mass is 15.1. The van der Waals surface area contributed by atoms with Crippen molar-refractivity contribution in [1.29, 1.82) is 5.26 Å². The van der Waals surface area contributed by atoms with Gasteiger partial charge in [0.15, 0.2) is 5.82 Å². The van der Waals surface area contributed by atoms with Crippen LogP contribution in [0.25, 0.3) is 22.6 Å². The molecule has 0 N–H and O–H groups in total. The van der Waals surface area contributed by atoms with E-state index in [-0.39, 0.29) is 0 Å². The summed E-state index contributed by atoms with van der Waals surface area (Å²) in [6, 6.07) is 19.7. The predicted molar refractivity (Wildman–Crippen MR) is 117 cm³/mol. The van der Waals surface area contributed by atoms with Gasteiger partial charge in [-0.15, -0.1) is 0 Å². The second-order valence-electron chi connectivity index (χ2n) is 7.57. The summed E-state index contributed by atoms with van der Waals surface area (Å²) in [6.45, 7) is 2.49. The average molecular weight is 404 g/mol. The molecule has 31 heavy (non-hydrogen) atoms. The van der Waals surface area contributed by atoms with Crippen LogP contribution in [0.15, 0.2) is 73.2 Å². The number of pyridine rings is 2. The molecular formula is C25H20N6. The van der Waals surface area contributed by atoms with Crippen LogP contribution in [0.3, 0.4) is 0 Å². The molecule has 0 spiro atoms. The van der Waals surface area contributed by atoms with Crippen molar-refractivity contribution in [3.8, 4) is 28.7 Å². The Hall–Kier alpha value is -3.95. The zero-order valence-electron chi connectivity index (χ0n) is 16.9. The quantitative estimate of drug-likeness (QED) is 0.511. The molecule has 6 heteroatoms. The molecule has 0 unspecified atom stereocenters. The lowest BCUT2D eigenvalue weighted by molar-refractivity contribution is 0.240. The van der Waals surface area contributed by atoms with Crippen molar-refractivity contribution in [3.63, 3.8) is 0 Å². The third-order valence-corrected chi connectivity index (χ3v) is 5.43. The van der Waals surface area contributed by atoms with Crippen molar-refractivity contribution in [3.05, 3.63) is 95.7 Å². The molecule has 1 aliphatic heterocycles. The third kappa shape index (κ3) is 4.18. The zero-order valence-corrected chi connectivity index (χ0v) is 16.9. The van der Waals surface area contributed by atoms with Crippen LogP contribution in [0.1, 0.15) is 22.5 Å². The van der Waals surface area contributed by atoms with Gasteiger partial charge in [-0.3, -0.25) is 14.9 Å². The molecule has 150 valence electrons. The summed E-state index contributed by atoms with van der Waals surface area (Å²) in [5.41, 5.74) is 6.78. The highest BCUT2D eigenvalue weighted by Crippen LogP contribution is 2.23. The van der Waals surface area contributed by atoms with Crippen molar-refractivity contribution >= 4 is 0 Å². The highest BCUT2D eigenvalue weighted by molar-refractivity contribution is 5.61. The summed E-state index contributed by atoms with van der Waals surface area (Å²) in [6.07, 6.45) is 6.36. The lowest BCUT2D eigenvalue weighted by atomic mass is 10.1. The Labute approximate surface area is 180 Å². The lowest BCUT2D eigenvalue weighted by Gasteiger charge is -2.27. The molecule has 0 radical (unpaired) electrons. The molecule has 0 amide bonds. The van der Waals surface area contributed by atoms with Gasteiger partial charge >= 0.3 is 0 Å². The van der Waals surface area contributed by atoms with Crippen molar-refractivity contribution in [1.82, 2.24) is 24.8 Å². The van der Waals surface area contributed by atoms with E-state index in [1.807, 2.05) is 48.7 Å². The number of aromatic nitrogens is 4. The lowest BCUT2D eigenvalue weighted by Crippen LogP contribution is -2.31. The molecule has 4 heterocycles. The molecule has 6 nitrogen and oxygen atoms in total. The van der Waals surface area contributed by atoms with E-state index >= 15 is 0 Å². The summed E-state index contributed by atoms with van der Waals surface area (Å²) in [7, 11) is 0. The fourth-order valence-electron chi connectivity index (χ4n) is 3.86. The van der Waals surface area contributed by atoms with Crippen LogP contribution in [0.5, 0.6) is 0 Å². The first-order valence-corrected chi connectivity index (χ1v) is 10.2. The summed E-state index contributed by atoms with van der Waals surface area (Å²) in [4.78, 5) is 20.6. The summed E-state index contributed by atoms with van der Waals surface area (Å²) >= 11 is 0. The van der Waals surface area contributed by atoms with E-state index < -0.39 is 0 Å². The van der Waals surface area contributed by atoms with Crippen molar-refractivity contribution in [2.45, 2.75) is 19.5 Å². The smallest absolute Gasteiger partial charge is 0.159 e. The number of rotatable bonds is 4. The molecular weight excluding hydrogens is 384 g/mol. The van der Waals surface area contributed by atoms with Gasteiger partial charge in [0, 0.05) is 61.3 Å². The SMILES string of the molecule is N#Cc1cccc(-c2cccc(CN3CCc4nc(-c5ccncc5)ncc4C3)n2)c1. The first kappa shape index (κ1) is 19.0. The average Bonchev–Trinajstić information content (AvgIpc) is 2.84.